The Labute approximate surface area is 67.2 Å². The van der Waals surface area contributed by atoms with E-state index in [4.69, 9.17) is 0 Å². The second-order valence-corrected chi connectivity index (χ2v) is 0.856. The zero-order valence-corrected chi connectivity index (χ0v) is 7.73. The molecule has 0 aromatic rings. The fourth-order valence-electron chi connectivity index (χ4n) is 0.224. The van der Waals surface area contributed by atoms with Crippen molar-refractivity contribution in [3.05, 3.63) is 5.32 Å². The maximum atomic E-state index is 3.97. The summed E-state index contributed by atoms with van der Waals surface area (Å²) in [5.41, 5.74) is 0. The van der Waals surface area contributed by atoms with Crippen LogP contribution in [0.15, 0.2) is 0 Å². The zero-order valence-electron chi connectivity index (χ0n) is 4.72. The van der Waals surface area contributed by atoms with Crippen LogP contribution in [0.25, 0.3) is 5.32 Å². The van der Waals surface area contributed by atoms with Crippen molar-refractivity contribution in [2.75, 3.05) is 13.1 Å². The molecule has 0 unspecified atom stereocenters. The minimum Gasteiger partial charge on any atom is -0.663 e. The van der Waals surface area contributed by atoms with Gasteiger partial charge in [-0.3, -0.25) is 0 Å². The second kappa shape index (κ2) is 15.8. The summed E-state index contributed by atoms with van der Waals surface area (Å²) >= 11 is 0. The van der Waals surface area contributed by atoms with Gasteiger partial charge in [-0.1, -0.05) is 13.8 Å². The third-order valence-electron chi connectivity index (χ3n) is 0.447. The molecule has 0 saturated heterocycles. The van der Waals surface area contributed by atoms with Crippen molar-refractivity contribution < 1.29 is 22.4 Å². The Hall–Kier alpha value is 0.990. The maximum Gasteiger partial charge on any atom is 0 e. The first-order valence-corrected chi connectivity index (χ1v) is 2.05. The molecule has 0 bridgehead atoms. The predicted octanol–water partition coefficient (Wildman–Crippen LogP) is 1.82. The molecule has 3 heteroatoms. The van der Waals surface area contributed by atoms with Crippen LogP contribution in [0.2, 0.25) is 0 Å². The average molecular weight is 201 g/mol. The number of rotatable bonds is 2. The maximum absolute atomic E-state index is 3.97. The Kier molecular flexibility index (Phi) is 35.3. The van der Waals surface area contributed by atoms with Crippen molar-refractivity contribution in [2.24, 2.45) is 0 Å². The molecule has 0 aromatic heterocycles. The van der Waals surface area contributed by atoms with Gasteiger partial charge in [0.2, 0.25) is 0 Å². The summed E-state index contributed by atoms with van der Waals surface area (Å²) in [6.45, 7) is 6.03. The Bertz CT molecular complexity index is 19.2. The van der Waals surface area contributed by atoms with E-state index < -0.39 is 0 Å². The molecule has 0 aliphatic heterocycles. The van der Waals surface area contributed by atoms with Crippen molar-refractivity contribution >= 4 is 12.4 Å². The third kappa shape index (κ3) is 19.5. The molecule has 45 valence electrons. The van der Waals surface area contributed by atoms with Gasteiger partial charge in [-0.25, -0.2) is 0 Å². The molecule has 0 rings (SSSR count). The van der Waals surface area contributed by atoms with E-state index in [1.165, 1.54) is 0 Å². The largest absolute Gasteiger partial charge is 0.663 e. The summed E-state index contributed by atoms with van der Waals surface area (Å²) in [6, 6.07) is 0. The first kappa shape index (κ1) is 15.7. The van der Waals surface area contributed by atoms with Crippen molar-refractivity contribution in [3.63, 3.8) is 0 Å². The number of hydrogen-bond acceptors (Lipinski definition) is 0. The van der Waals surface area contributed by atoms with Crippen molar-refractivity contribution in [1.82, 2.24) is 0 Å². The minimum atomic E-state index is 0. The first-order valence-electron chi connectivity index (χ1n) is 2.05. The summed E-state index contributed by atoms with van der Waals surface area (Å²) < 4.78 is 0. The van der Waals surface area contributed by atoms with E-state index in [2.05, 4.69) is 5.32 Å². The summed E-state index contributed by atoms with van der Waals surface area (Å²) in [7, 11) is 0. The van der Waals surface area contributed by atoms with Gasteiger partial charge < -0.3 is 5.32 Å². The molecule has 0 aliphatic rings. The van der Waals surface area contributed by atoms with Gasteiger partial charge >= 0.3 is 0 Å². The van der Waals surface area contributed by atoms with Crippen LogP contribution >= 0.6 is 12.4 Å². The molecule has 1 nitrogen and oxygen atoms in total. The SMILES string of the molecule is CC[N-]CC.Cl.[Nb]. The van der Waals surface area contributed by atoms with Crippen molar-refractivity contribution in [1.29, 1.82) is 0 Å². The molecular formula is C4H11ClNNb-. The van der Waals surface area contributed by atoms with Gasteiger partial charge in [0.15, 0.2) is 0 Å². The smallest absolute Gasteiger partial charge is 0 e. The molecule has 0 heterocycles. The van der Waals surface area contributed by atoms with Crippen LogP contribution in [0.4, 0.5) is 0 Å². The van der Waals surface area contributed by atoms with Gasteiger partial charge in [0, 0.05) is 22.4 Å². The molecule has 7 heavy (non-hydrogen) atoms. The van der Waals surface area contributed by atoms with Crippen LogP contribution in [0.3, 0.4) is 0 Å². The van der Waals surface area contributed by atoms with E-state index in [0.29, 0.717) is 0 Å². The second-order valence-electron chi connectivity index (χ2n) is 0.856. The summed E-state index contributed by atoms with van der Waals surface area (Å²) in [4.78, 5) is 0. The Morgan fingerprint density at radius 3 is 1.43 bits per heavy atom. The van der Waals surface area contributed by atoms with Gasteiger partial charge in [0.1, 0.15) is 0 Å². The third-order valence-corrected chi connectivity index (χ3v) is 0.447. The normalized spacial score (nSPS) is 6.00. The standard InChI is InChI=1S/C4H10N.ClH.Nb/c1-3-5-4-2;;/h3-4H2,1-2H3;1H;/q-1;;. The van der Waals surface area contributed by atoms with Crippen LogP contribution < -0.4 is 0 Å². The van der Waals surface area contributed by atoms with Gasteiger partial charge in [0.05, 0.1) is 0 Å². The fourth-order valence-corrected chi connectivity index (χ4v) is 0.224. The Morgan fingerprint density at radius 1 is 1.14 bits per heavy atom. The van der Waals surface area contributed by atoms with Crippen LogP contribution in [-0.2, 0) is 22.4 Å². The van der Waals surface area contributed by atoms with Gasteiger partial charge in [0.25, 0.3) is 0 Å². The molecule has 1 radical (unpaired) electrons. The number of hydrogen-bond donors (Lipinski definition) is 0. The van der Waals surface area contributed by atoms with E-state index in [0.717, 1.165) is 13.1 Å². The van der Waals surface area contributed by atoms with Crippen molar-refractivity contribution in [2.45, 2.75) is 13.8 Å². The van der Waals surface area contributed by atoms with Crippen LogP contribution in [0.5, 0.6) is 0 Å². The zero-order chi connectivity index (χ0) is 4.12. The first-order chi connectivity index (χ1) is 2.41. The molecule has 0 fully saturated rings. The molecule has 0 aliphatic carbocycles. The molecular weight excluding hydrogens is 190 g/mol. The molecule has 0 N–H and O–H groups in total. The van der Waals surface area contributed by atoms with Gasteiger partial charge in [-0.2, -0.15) is 13.1 Å². The van der Waals surface area contributed by atoms with Crippen molar-refractivity contribution in [3.8, 4) is 0 Å². The molecule has 0 aromatic carbocycles. The topological polar surface area (TPSA) is 14.1 Å². The number of nitrogens with zero attached hydrogens (tertiary/aromatic N) is 1. The molecule has 0 atom stereocenters. The quantitative estimate of drug-likeness (QED) is 0.605. The van der Waals surface area contributed by atoms with Gasteiger partial charge in [-0.05, 0) is 0 Å². The Morgan fingerprint density at radius 2 is 1.43 bits per heavy atom. The summed E-state index contributed by atoms with van der Waals surface area (Å²) in [5, 5.41) is 3.97. The Balaban J connectivity index is -0.0000000800. The van der Waals surface area contributed by atoms with E-state index >= 15 is 0 Å². The summed E-state index contributed by atoms with van der Waals surface area (Å²) in [5.74, 6) is 0. The predicted molar refractivity (Wildman–Crippen MR) is 31.7 cm³/mol. The molecule has 0 amide bonds. The van der Waals surface area contributed by atoms with E-state index in [9.17, 15) is 0 Å². The monoisotopic (exact) mass is 201 g/mol. The van der Waals surface area contributed by atoms with E-state index in [1.807, 2.05) is 13.8 Å². The number of halogens is 1. The van der Waals surface area contributed by atoms with E-state index in [-0.39, 0.29) is 34.8 Å². The van der Waals surface area contributed by atoms with Crippen LogP contribution in [-0.4, -0.2) is 13.1 Å². The average Bonchev–Trinajstić information content (AvgIpc) is 1.41. The summed E-state index contributed by atoms with van der Waals surface area (Å²) in [6.07, 6.45) is 0. The van der Waals surface area contributed by atoms with Gasteiger partial charge in [-0.15, -0.1) is 12.4 Å². The van der Waals surface area contributed by atoms with Crippen LogP contribution in [0.1, 0.15) is 13.8 Å². The minimum absolute atomic E-state index is 0. The fraction of sp³-hybridized carbons (Fsp3) is 1.00. The molecule has 0 spiro atoms. The molecule has 0 saturated carbocycles. The van der Waals surface area contributed by atoms with Crippen LogP contribution in [0, 0.1) is 0 Å². The van der Waals surface area contributed by atoms with E-state index in [1.54, 1.807) is 0 Å².